The van der Waals surface area contributed by atoms with Crippen molar-refractivity contribution in [1.82, 2.24) is 0 Å². The number of para-hydroxylation sites is 1. The minimum absolute atomic E-state index is 0.371. The fourth-order valence-corrected chi connectivity index (χ4v) is 0.907. The number of nitrogens with zero attached hydrogens (tertiary/aromatic N) is 1. The van der Waals surface area contributed by atoms with E-state index in [1.807, 2.05) is 30.3 Å². The minimum Gasteiger partial charge on any atom is -0.392 e. The lowest BCUT2D eigenvalue weighted by Gasteiger charge is -1.94. The van der Waals surface area contributed by atoms with Crippen molar-refractivity contribution < 1.29 is 9.09 Å². The zero-order chi connectivity index (χ0) is 8.81. The van der Waals surface area contributed by atoms with Gasteiger partial charge in [0.25, 0.3) is 0 Å². The molecule has 0 saturated heterocycles. The van der Waals surface area contributed by atoms with E-state index in [0.717, 1.165) is 5.69 Å². The average molecular weight is 181 g/mol. The van der Waals surface area contributed by atoms with Gasteiger partial charge >= 0.3 is 8.69 Å². The SMILES string of the molecule is CC(=Nc1ccccc1)OP=O. The van der Waals surface area contributed by atoms with Gasteiger partial charge in [-0.15, -0.1) is 0 Å². The van der Waals surface area contributed by atoms with Gasteiger partial charge in [0, 0.05) is 6.92 Å². The van der Waals surface area contributed by atoms with Crippen molar-refractivity contribution in [2.24, 2.45) is 4.99 Å². The van der Waals surface area contributed by atoms with Crippen molar-refractivity contribution in [3.8, 4) is 0 Å². The molecule has 0 amide bonds. The summed E-state index contributed by atoms with van der Waals surface area (Å²) >= 11 is 0. The van der Waals surface area contributed by atoms with E-state index in [2.05, 4.69) is 9.52 Å². The summed E-state index contributed by atoms with van der Waals surface area (Å²) in [5.41, 5.74) is 0.790. The molecule has 0 aliphatic rings. The molecule has 0 aromatic heterocycles. The molecule has 62 valence electrons. The van der Waals surface area contributed by atoms with Crippen LogP contribution < -0.4 is 0 Å². The van der Waals surface area contributed by atoms with Crippen LogP contribution in [0.15, 0.2) is 35.3 Å². The summed E-state index contributed by atoms with van der Waals surface area (Å²) in [5.74, 6) is 0.387. The second kappa shape index (κ2) is 4.62. The highest BCUT2D eigenvalue weighted by Crippen LogP contribution is 2.11. The molecule has 0 spiro atoms. The molecule has 0 N–H and O–H groups in total. The van der Waals surface area contributed by atoms with E-state index in [1.165, 1.54) is 0 Å². The predicted octanol–water partition coefficient (Wildman–Crippen LogP) is 2.96. The zero-order valence-corrected chi connectivity index (χ0v) is 7.49. The van der Waals surface area contributed by atoms with Gasteiger partial charge in [0.15, 0.2) is 5.90 Å². The maximum absolute atomic E-state index is 10.00. The summed E-state index contributed by atoms with van der Waals surface area (Å²) in [6.07, 6.45) is 0. The lowest BCUT2D eigenvalue weighted by Crippen LogP contribution is -1.86. The van der Waals surface area contributed by atoms with Gasteiger partial charge in [-0.3, -0.25) is 0 Å². The predicted molar refractivity (Wildman–Crippen MR) is 47.9 cm³/mol. The molecule has 3 nitrogen and oxygen atoms in total. The van der Waals surface area contributed by atoms with Crippen LogP contribution in [0.2, 0.25) is 0 Å². The van der Waals surface area contributed by atoms with E-state index >= 15 is 0 Å². The van der Waals surface area contributed by atoms with Gasteiger partial charge in [0.05, 0.1) is 5.69 Å². The van der Waals surface area contributed by atoms with Crippen LogP contribution in [0.5, 0.6) is 0 Å². The Morgan fingerprint density at radius 3 is 2.67 bits per heavy atom. The number of aliphatic imine (C=N–C) groups is 1. The molecule has 4 heteroatoms. The van der Waals surface area contributed by atoms with Crippen molar-refractivity contribution in [3.05, 3.63) is 30.3 Å². The largest absolute Gasteiger partial charge is 0.397 e. The lowest BCUT2D eigenvalue weighted by molar-refractivity contribution is 0.520. The van der Waals surface area contributed by atoms with Crippen LogP contribution in [-0.2, 0) is 9.09 Å². The summed E-state index contributed by atoms with van der Waals surface area (Å²) in [7, 11) is -0.371. The Kier molecular flexibility index (Phi) is 3.42. The molecule has 12 heavy (non-hydrogen) atoms. The zero-order valence-electron chi connectivity index (χ0n) is 6.60. The first-order valence-electron chi connectivity index (χ1n) is 3.43. The van der Waals surface area contributed by atoms with E-state index < -0.39 is 0 Å². The highest BCUT2D eigenvalue weighted by atomic mass is 31.1. The molecule has 0 atom stereocenters. The Bertz CT molecular complexity index is 284. The van der Waals surface area contributed by atoms with Gasteiger partial charge in [-0.1, -0.05) is 18.2 Å². The Morgan fingerprint density at radius 1 is 1.42 bits per heavy atom. The lowest BCUT2D eigenvalue weighted by atomic mass is 10.3. The number of hydrogen-bond donors (Lipinski definition) is 0. The first-order valence-corrected chi connectivity index (χ1v) is 4.16. The smallest absolute Gasteiger partial charge is 0.392 e. The van der Waals surface area contributed by atoms with Gasteiger partial charge in [-0.25, -0.2) is 9.56 Å². The monoisotopic (exact) mass is 181 g/mol. The topological polar surface area (TPSA) is 38.7 Å². The van der Waals surface area contributed by atoms with Gasteiger partial charge in [0.1, 0.15) is 0 Å². The third-order valence-electron chi connectivity index (χ3n) is 1.21. The van der Waals surface area contributed by atoms with Crippen LogP contribution in [0.25, 0.3) is 0 Å². The van der Waals surface area contributed by atoms with Crippen LogP contribution >= 0.6 is 8.69 Å². The standard InChI is InChI=1S/C8H8NO2P/c1-7(11-12-10)9-8-5-3-2-4-6-8/h2-6H,1H3. The first kappa shape index (κ1) is 8.88. The normalized spacial score (nSPS) is 11.6. The molecule has 0 fully saturated rings. The Hall–Kier alpha value is -1.21. The molecule has 1 rings (SSSR count). The average Bonchev–Trinajstić information content (AvgIpc) is 2.06. The third-order valence-corrected chi connectivity index (χ3v) is 1.55. The Balaban J connectivity index is 2.74. The van der Waals surface area contributed by atoms with Gasteiger partial charge < -0.3 is 4.52 Å². The molecule has 1 aromatic carbocycles. The van der Waals surface area contributed by atoms with E-state index in [1.54, 1.807) is 6.92 Å². The number of rotatable bonds is 2. The molecule has 1 aromatic rings. The maximum atomic E-state index is 10.00. The second-order valence-corrected chi connectivity index (χ2v) is 2.46. The van der Waals surface area contributed by atoms with Gasteiger partial charge in [-0.05, 0) is 12.1 Å². The van der Waals surface area contributed by atoms with Crippen LogP contribution in [0.3, 0.4) is 0 Å². The van der Waals surface area contributed by atoms with Crippen LogP contribution in [-0.4, -0.2) is 5.90 Å². The van der Waals surface area contributed by atoms with Crippen molar-refractivity contribution >= 4 is 20.3 Å². The highest BCUT2D eigenvalue weighted by Gasteiger charge is 1.91. The quantitative estimate of drug-likeness (QED) is 0.399. The Labute approximate surface area is 72.4 Å². The highest BCUT2D eigenvalue weighted by molar-refractivity contribution is 7.18. The fourth-order valence-electron chi connectivity index (χ4n) is 0.759. The van der Waals surface area contributed by atoms with E-state index in [0.29, 0.717) is 5.90 Å². The molecule has 0 aliphatic carbocycles. The third kappa shape index (κ3) is 2.81. The van der Waals surface area contributed by atoms with E-state index in [4.69, 9.17) is 0 Å². The second-order valence-electron chi connectivity index (χ2n) is 2.13. The summed E-state index contributed by atoms with van der Waals surface area (Å²) in [5, 5.41) is 0. The Morgan fingerprint density at radius 2 is 2.08 bits per heavy atom. The number of benzene rings is 1. The minimum atomic E-state index is -0.371. The summed E-state index contributed by atoms with van der Waals surface area (Å²) in [6, 6.07) is 9.34. The van der Waals surface area contributed by atoms with E-state index in [-0.39, 0.29) is 8.69 Å². The summed E-state index contributed by atoms with van der Waals surface area (Å²) in [6.45, 7) is 1.65. The van der Waals surface area contributed by atoms with E-state index in [9.17, 15) is 4.57 Å². The van der Waals surface area contributed by atoms with Crippen LogP contribution in [0, 0.1) is 0 Å². The molecular formula is C8H8NO2P. The maximum Gasteiger partial charge on any atom is 0.397 e. The van der Waals surface area contributed by atoms with Crippen molar-refractivity contribution in [2.75, 3.05) is 0 Å². The van der Waals surface area contributed by atoms with Gasteiger partial charge in [-0.2, -0.15) is 0 Å². The van der Waals surface area contributed by atoms with Crippen molar-refractivity contribution in [3.63, 3.8) is 0 Å². The first-order chi connectivity index (χ1) is 5.83. The summed E-state index contributed by atoms with van der Waals surface area (Å²) < 4.78 is 14.6. The molecule has 0 heterocycles. The molecule has 0 aliphatic heterocycles. The molecule has 0 saturated carbocycles. The van der Waals surface area contributed by atoms with Crippen LogP contribution in [0.4, 0.5) is 5.69 Å². The molecule has 0 radical (unpaired) electrons. The van der Waals surface area contributed by atoms with Crippen molar-refractivity contribution in [2.45, 2.75) is 6.92 Å². The molecule has 0 unspecified atom stereocenters. The van der Waals surface area contributed by atoms with Gasteiger partial charge in [0.2, 0.25) is 0 Å². The number of hydrogen-bond acceptors (Lipinski definition) is 3. The van der Waals surface area contributed by atoms with Crippen LogP contribution in [0.1, 0.15) is 6.92 Å². The molecular weight excluding hydrogens is 173 g/mol. The fraction of sp³-hybridized carbons (Fsp3) is 0.125. The molecule has 0 bridgehead atoms. The van der Waals surface area contributed by atoms with Crippen molar-refractivity contribution in [1.29, 1.82) is 0 Å². The summed E-state index contributed by atoms with van der Waals surface area (Å²) in [4.78, 5) is 4.04.